The van der Waals surface area contributed by atoms with E-state index in [0.717, 1.165) is 16.1 Å². The second kappa shape index (κ2) is 4.75. The predicted octanol–water partition coefficient (Wildman–Crippen LogP) is 1.97. The zero-order valence-electron chi connectivity index (χ0n) is 8.15. The third-order valence-electron chi connectivity index (χ3n) is 2.45. The van der Waals surface area contributed by atoms with Crippen molar-refractivity contribution in [2.24, 2.45) is 5.73 Å². The second-order valence-electron chi connectivity index (χ2n) is 3.54. The zero-order valence-corrected chi connectivity index (χ0v) is 8.96. The van der Waals surface area contributed by atoms with Crippen molar-refractivity contribution in [2.75, 3.05) is 0 Å². The lowest BCUT2D eigenvalue weighted by molar-refractivity contribution is 0.854. The van der Waals surface area contributed by atoms with Gasteiger partial charge in [-0.3, -0.25) is 0 Å². The van der Waals surface area contributed by atoms with Crippen LogP contribution < -0.4 is 5.73 Å². The molecule has 0 unspecified atom stereocenters. The summed E-state index contributed by atoms with van der Waals surface area (Å²) in [5.41, 5.74) is 5.49. The second-order valence-corrected chi connectivity index (χ2v) is 4.86. The van der Waals surface area contributed by atoms with Crippen LogP contribution in [0, 0.1) is 0 Å². The quantitative estimate of drug-likeness (QED) is 0.773. The van der Waals surface area contributed by atoms with Gasteiger partial charge in [0.1, 0.15) is 10.9 Å². The lowest BCUT2D eigenvalue weighted by atomic mass is 10.4. The molecule has 0 spiro atoms. The van der Waals surface area contributed by atoms with Crippen molar-refractivity contribution >= 4 is 11.8 Å². The van der Waals surface area contributed by atoms with Gasteiger partial charge >= 0.3 is 0 Å². The molecule has 76 valence electrons. The first kappa shape index (κ1) is 9.93. The minimum Gasteiger partial charge on any atom is -0.324 e. The molecule has 0 amide bonds. The highest BCUT2D eigenvalue weighted by atomic mass is 32.2. The van der Waals surface area contributed by atoms with E-state index in [4.69, 9.17) is 5.73 Å². The highest BCUT2D eigenvalue weighted by Gasteiger charge is 2.16. The Morgan fingerprint density at radius 1 is 1.43 bits per heavy atom. The molecule has 1 aromatic rings. The molecular formula is C10H15N3S. The third-order valence-corrected chi connectivity index (χ3v) is 3.73. The van der Waals surface area contributed by atoms with Crippen molar-refractivity contribution in [3.63, 3.8) is 0 Å². The molecule has 14 heavy (non-hydrogen) atoms. The molecule has 1 heterocycles. The van der Waals surface area contributed by atoms with Gasteiger partial charge in [0.2, 0.25) is 0 Å². The summed E-state index contributed by atoms with van der Waals surface area (Å²) >= 11 is 1.87. The van der Waals surface area contributed by atoms with Crippen LogP contribution in [0.15, 0.2) is 17.3 Å². The Morgan fingerprint density at radius 2 is 2.21 bits per heavy atom. The van der Waals surface area contributed by atoms with Crippen molar-refractivity contribution in [1.29, 1.82) is 0 Å². The first-order valence-corrected chi connectivity index (χ1v) is 5.95. The predicted molar refractivity (Wildman–Crippen MR) is 58.0 cm³/mol. The van der Waals surface area contributed by atoms with Crippen molar-refractivity contribution < 1.29 is 0 Å². The Hall–Kier alpha value is -0.610. The number of nitrogens with two attached hydrogens (primary N) is 1. The van der Waals surface area contributed by atoms with Crippen LogP contribution in [0.4, 0.5) is 0 Å². The van der Waals surface area contributed by atoms with E-state index >= 15 is 0 Å². The SMILES string of the molecule is NCc1nccc(SC2CCCC2)n1. The van der Waals surface area contributed by atoms with Crippen LogP contribution in [0.3, 0.4) is 0 Å². The molecule has 0 bridgehead atoms. The Bertz CT molecular complexity index is 297. The highest BCUT2D eigenvalue weighted by molar-refractivity contribution is 7.99. The summed E-state index contributed by atoms with van der Waals surface area (Å²) in [4.78, 5) is 8.46. The molecule has 0 radical (unpaired) electrons. The number of thioether (sulfide) groups is 1. The smallest absolute Gasteiger partial charge is 0.143 e. The van der Waals surface area contributed by atoms with Crippen LogP contribution in [0.1, 0.15) is 31.5 Å². The molecule has 1 aromatic heterocycles. The van der Waals surface area contributed by atoms with E-state index in [9.17, 15) is 0 Å². The Balaban J connectivity index is 2.00. The lowest BCUT2D eigenvalue weighted by Gasteiger charge is -2.07. The molecule has 1 aliphatic carbocycles. The van der Waals surface area contributed by atoms with E-state index in [2.05, 4.69) is 9.97 Å². The minimum atomic E-state index is 0.430. The monoisotopic (exact) mass is 209 g/mol. The summed E-state index contributed by atoms with van der Waals surface area (Å²) in [5, 5.41) is 1.84. The van der Waals surface area contributed by atoms with Gasteiger partial charge < -0.3 is 5.73 Å². The molecule has 1 fully saturated rings. The average Bonchev–Trinajstić information content (AvgIpc) is 2.71. The summed E-state index contributed by atoms with van der Waals surface area (Å²) in [7, 11) is 0. The van der Waals surface area contributed by atoms with Crippen LogP contribution in [-0.4, -0.2) is 15.2 Å². The van der Waals surface area contributed by atoms with E-state index in [1.807, 2.05) is 17.8 Å². The van der Waals surface area contributed by atoms with Gasteiger partial charge in [0.15, 0.2) is 0 Å². The Kier molecular flexibility index (Phi) is 3.37. The first-order chi connectivity index (χ1) is 6.88. The number of rotatable bonds is 3. The third kappa shape index (κ3) is 2.45. The standard InChI is InChI=1S/C10H15N3S/c11-7-9-12-6-5-10(13-9)14-8-3-1-2-4-8/h5-6,8H,1-4,7,11H2. The van der Waals surface area contributed by atoms with Crippen LogP contribution in [0.5, 0.6) is 0 Å². The van der Waals surface area contributed by atoms with Gasteiger partial charge in [0.25, 0.3) is 0 Å². The number of hydrogen-bond donors (Lipinski definition) is 1. The van der Waals surface area contributed by atoms with Crippen molar-refractivity contribution in [1.82, 2.24) is 9.97 Å². The zero-order chi connectivity index (χ0) is 9.80. The Labute approximate surface area is 88.5 Å². The summed E-state index contributed by atoms with van der Waals surface area (Å²) in [6.45, 7) is 0.430. The molecule has 0 aromatic carbocycles. The molecule has 0 atom stereocenters. The Morgan fingerprint density at radius 3 is 2.93 bits per heavy atom. The first-order valence-electron chi connectivity index (χ1n) is 5.07. The topological polar surface area (TPSA) is 51.8 Å². The van der Waals surface area contributed by atoms with Gasteiger partial charge in [0.05, 0.1) is 6.54 Å². The molecule has 2 N–H and O–H groups in total. The average molecular weight is 209 g/mol. The van der Waals surface area contributed by atoms with Gasteiger partial charge in [-0.25, -0.2) is 9.97 Å². The lowest BCUT2D eigenvalue weighted by Crippen LogP contribution is -2.04. The number of hydrogen-bond acceptors (Lipinski definition) is 4. The van der Waals surface area contributed by atoms with E-state index in [-0.39, 0.29) is 0 Å². The maximum atomic E-state index is 5.49. The van der Waals surface area contributed by atoms with Crippen molar-refractivity contribution in [3.05, 3.63) is 18.1 Å². The van der Waals surface area contributed by atoms with Crippen molar-refractivity contribution in [3.8, 4) is 0 Å². The van der Waals surface area contributed by atoms with Gasteiger partial charge in [-0.15, -0.1) is 11.8 Å². The van der Waals surface area contributed by atoms with Crippen LogP contribution in [-0.2, 0) is 6.54 Å². The molecule has 0 aliphatic heterocycles. The number of aromatic nitrogens is 2. The van der Waals surface area contributed by atoms with E-state index < -0.39 is 0 Å². The molecule has 0 saturated heterocycles. The minimum absolute atomic E-state index is 0.430. The van der Waals surface area contributed by atoms with Gasteiger partial charge in [-0.2, -0.15) is 0 Å². The van der Waals surface area contributed by atoms with E-state index in [1.165, 1.54) is 25.7 Å². The fourth-order valence-electron chi connectivity index (χ4n) is 1.72. The van der Waals surface area contributed by atoms with E-state index in [1.54, 1.807) is 6.20 Å². The molecular weight excluding hydrogens is 194 g/mol. The fraction of sp³-hybridized carbons (Fsp3) is 0.600. The van der Waals surface area contributed by atoms with Crippen LogP contribution in [0.2, 0.25) is 0 Å². The van der Waals surface area contributed by atoms with E-state index in [0.29, 0.717) is 6.54 Å². The van der Waals surface area contributed by atoms with Crippen LogP contribution in [0.25, 0.3) is 0 Å². The normalized spacial score (nSPS) is 17.5. The summed E-state index contributed by atoms with van der Waals surface area (Å²) in [6, 6.07) is 1.97. The molecule has 1 saturated carbocycles. The van der Waals surface area contributed by atoms with Crippen molar-refractivity contribution in [2.45, 2.75) is 42.5 Å². The largest absolute Gasteiger partial charge is 0.324 e. The van der Waals surface area contributed by atoms with Gasteiger partial charge in [-0.1, -0.05) is 12.8 Å². The molecule has 1 aliphatic rings. The molecule has 3 nitrogen and oxygen atoms in total. The molecule has 2 rings (SSSR count). The maximum Gasteiger partial charge on any atom is 0.143 e. The maximum absolute atomic E-state index is 5.49. The van der Waals surface area contributed by atoms with Gasteiger partial charge in [0, 0.05) is 11.4 Å². The van der Waals surface area contributed by atoms with Crippen LogP contribution >= 0.6 is 11.8 Å². The summed E-state index contributed by atoms with van der Waals surface area (Å²) < 4.78 is 0. The summed E-state index contributed by atoms with van der Waals surface area (Å²) in [6.07, 6.45) is 7.19. The fourth-order valence-corrected chi connectivity index (χ4v) is 2.93. The van der Waals surface area contributed by atoms with Gasteiger partial charge in [-0.05, 0) is 18.9 Å². The molecule has 4 heteroatoms. The highest BCUT2D eigenvalue weighted by Crippen LogP contribution is 2.33. The summed E-state index contributed by atoms with van der Waals surface area (Å²) in [5.74, 6) is 0.744. The number of nitrogens with zero attached hydrogens (tertiary/aromatic N) is 2.